The number of amides is 2. The van der Waals surface area contributed by atoms with Crippen LogP contribution < -0.4 is 19.7 Å². The summed E-state index contributed by atoms with van der Waals surface area (Å²) in [4.78, 5) is 26.4. The molecular formula is C22H17BrN2O4. The lowest BCUT2D eigenvalue weighted by Crippen LogP contribution is -2.43. The number of nitrogens with zero attached hydrogens (tertiary/aromatic N) is 1. The van der Waals surface area contributed by atoms with Gasteiger partial charge in [-0.05, 0) is 42.5 Å². The first-order chi connectivity index (χ1) is 14.1. The molecule has 0 saturated carbocycles. The number of para-hydroxylation sites is 3. The van der Waals surface area contributed by atoms with Gasteiger partial charge in [0.25, 0.3) is 5.91 Å². The normalized spacial score (nSPS) is 12.7. The van der Waals surface area contributed by atoms with Crippen LogP contribution in [0, 0.1) is 0 Å². The molecule has 1 aliphatic rings. The number of hydrogen-bond acceptors (Lipinski definition) is 4. The SMILES string of the molecule is O=C(CN1C(=O)COc2cc(Br)ccc21)Nc1ccccc1Oc1ccccc1. The van der Waals surface area contributed by atoms with E-state index in [-0.39, 0.29) is 25.0 Å². The van der Waals surface area contributed by atoms with Crippen molar-refractivity contribution in [1.29, 1.82) is 0 Å². The van der Waals surface area contributed by atoms with Gasteiger partial charge in [-0.15, -0.1) is 0 Å². The first kappa shape index (κ1) is 19.0. The van der Waals surface area contributed by atoms with Crippen molar-refractivity contribution < 1.29 is 19.1 Å². The Balaban J connectivity index is 1.50. The van der Waals surface area contributed by atoms with Crippen LogP contribution in [-0.4, -0.2) is 25.0 Å². The highest BCUT2D eigenvalue weighted by Crippen LogP contribution is 2.34. The molecule has 0 radical (unpaired) electrons. The number of carbonyl (C=O) groups is 2. The number of benzene rings is 3. The van der Waals surface area contributed by atoms with Crippen LogP contribution in [0.3, 0.4) is 0 Å². The lowest BCUT2D eigenvalue weighted by molar-refractivity contribution is -0.123. The number of ether oxygens (including phenoxy) is 2. The van der Waals surface area contributed by atoms with E-state index in [1.54, 1.807) is 36.4 Å². The summed E-state index contributed by atoms with van der Waals surface area (Å²) in [6.07, 6.45) is 0. The van der Waals surface area contributed by atoms with Gasteiger partial charge in [0, 0.05) is 4.47 Å². The number of rotatable bonds is 5. The molecule has 3 aromatic rings. The molecule has 0 aliphatic carbocycles. The van der Waals surface area contributed by atoms with Gasteiger partial charge in [0.15, 0.2) is 12.4 Å². The Morgan fingerprint density at radius 3 is 2.66 bits per heavy atom. The Bertz CT molecular complexity index is 1060. The van der Waals surface area contributed by atoms with E-state index in [0.717, 1.165) is 4.47 Å². The van der Waals surface area contributed by atoms with Crippen LogP contribution in [0.4, 0.5) is 11.4 Å². The van der Waals surface area contributed by atoms with Gasteiger partial charge in [-0.1, -0.05) is 46.3 Å². The summed E-state index contributed by atoms with van der Waals surface area (Å²) in [7, 11) is 0. The second-order valence-electron chi connectivity index (χ2n) is 6.34. The molecule has 7 heteroatoms. The van der Waals surface area contributed by atoms with Gasteiger partial charge in [0.1, 0.15) is 18.0 Å². The standard InChI is InChI=1S/C22H17BrN2O4/c23-15-10-11-18-20(12-15)28-14-22(27)25(18)13-21(26)24-17-8-4-5-9-19(17)29-16-6-2-1-3-7-16/h1-12H,13-14H2,(H,24,26). The first-order valence-corrected chi connectivity index (χ1v) is 9.74. The maximum atomic E-state index is 12.7. The average Bonchev–Trinajstić information content (AvgIpc) is 2.72. The van der Waals surface area contributed by atoms with Crippen molar-refractivity contribution in [3.63, 3.8) is 0 Å². The summed E-state index contributed by atoms with van der Waals surface area (Å²) >= 11 is 3.38. The molecule has 3 aromatic carbocycles. The number of nitrogens with one attached hydrogen (secondary N) is 1. The molecule has 0 atom stereocenters. The van der Waals surface area contributed by atoms with Gasteiger partial charge in [-0.3, -0.25) is 14.5 Å². The molecule has 2 amide bonds. The molecule has 0 saturated heterocycles. The lowest BCUT2D eigenvalue weighted by atomic mass is 10.2. The maximum absolute atomic E-state index is 12.7. The van der Waals surface area contributed by atoms with E-state index in [4.69, 9.17) is 9.47 Å². The molecule has 0 aromatic heterocycles. The lowest BCUT2D eigenvalue weighted by Gasteiger charge is -2.29. The van der Waals surface area contributed by atoms with Crippen LogP contribution in [0.25, 0.3) is 0 Å². The van der Waals surface area contributed by atoms with Crippen molar-refractivity contribution in [3.8, 4) is 17.2 Å². The zero-order chi connectivity index (χ0) is 20.2. The highest BCUT2D eigenvalue weighted by molar-refractivity contribution is 9.10. The average molecular weight is 453 g/mol. The fraction of sp³-hybridized carbons (Fsp3) is 0.0909. The Morgan fingerprint density at radius 2 is 1.83 bits per heavy atom. The topological polar surface area (TPSA) is 67.9 Å². The molecule has 6 nitrogen and oxygen atoms in total. The summed E-state index contributed by atoms with van der Waals surface area (Å²) in [5, 5.41) is 2.83. The van der Waals surface area contributed by atoms with E-state index in [0.29, 0.717) is 28.6 Å². The molecule has 0 unspecified atom stereocenters. The second kappa shape index (κ2) is 8.36. The fourth-order valence-electron chi connectivity index (χ4n) is 2.96. The number of hydrogen-bond donors (Lipinski definition) is 1. The van der Waals surface area contributed by atoms with Crippen molar-refractivity contribution in [3.05, 3.63) is 77.3 Å². The molecule has 1 N–H and O–H groups in total. The van der Waals surface area contributed by atoms with Crippen LogP contribution in [0.15, 0.2) is 77.3 Å². The van der Waals surface area contributed by atoms with Crippen LogP contribution in [-0.2, 0) is 9.59 Å². The molecule has 0 bridgehead atoms. The van der Waals surface area contributed by atoms with Gasteiger partial charge in [0.2, 0.25) is 5.91 Å². The number of carbonyl (C=O) groups excluding carboxylic acids is 2. The van der Waals surface area contributed by atoms with Crippen LogP contribution in [0.2, 0.25) is 0 Å². The monoisotopic (exact) mass is 452 g/mol. The van der Waals surface area contributed by atoms with Gasteiger partial charge in [-0.25, -0.2) is 0 Å². The predicted octanol–water partition coefficient (Wildman–Crippen LogP) is 4.61. The molecule has 0 spiro atoms. The zero-order valence-electron chi connectivity index (χ0n) is 15.3. The minimum atomic E-state index is -0.335. The van der Waals surface area contributed by atoms with E-state index in [9.17, 15) is 9.59 Å². The van der Waals surface area contributed by atoms with E-state index < -0.39 is 0 Å². The van der Waals surface area contributed by atoms with Crippen LogP contribution >= 0.6 is 15.9 Å². The molecule has 1 aliphatic heterocycles. The molecular weight excluding hydrogens is 436 g/mol. The quantitative estimate of drug-likeness (QED) is 0.613. The smallest absolute Gasteiger partial charge is 0.265 e. The van der Waals surface area contributed by atoms with E-state index in [1.165, 1.54) is 4.90 Å². The summed E-state index contributed by atoms with van der Waals surface area (Å²) in [5.74, 6) is 1.13. The second-order valence-corrected chi connectivity index (χ2v) is 7.26. The van der Waals surface area contributed by atoms with Crippen LogP contribution in [0.1, 0.15) is 0 Å². The minimum absolute atomic E-state index is 0.107. The van der Waals surface area contributed by atoms with Crippen molar-refractivity contribution in [1.82, 2.24) is 0 Å². The third-order valence-electron chi connectivity index (χ3n) is 4.30. The number of halogens is 1. The molecule has 29 heavy (non-hydrogen) atoms. The summed E-state index contributed by atoms with van der Waals surface area (Å²) in [6.45, 7) is -0.235. The van der Waals surface area contributed by atoms with E-state index in [1.807, 2.05) is 36.4 Å². The largest absolute Gasteiger partial charge is 0.482 e. The van der Waals surface area contributed by atoms with E-state index >= 15 is 0 Å². The molecule has 4 rings (SSSR count). The van der Waals surface area contributed by atoms with Gasteiger partial charge in [0.05, 0.1) is 11.4 Å². The highest BCUT2D eigenvalue weighted by Gasteiger charge is 2.27. The Labute approximate surface area is 176 Å². The molecule has 1 heterocycles. The number of fused-ring (bicyclic) bond motifs is 1. The minimum Gasteiger partial charge on any atom is -0.482 e. The van der Waals surface area contributed by atoms with Gasteiger partial charge < -0.3 is 14.8 Å². The van der Waals surface area contributed by atoms with Gasteiger partial charge in [-0.2, -0.15) is 0 Å². The predicted molar refractivity (Wildman–Crippen MR) is 114 cm³/mol. The third-order valence-corrected chi connectivity index (χ3v) is 4.79. The number of anilines is 2. The van der Waals surface area contributed by atoms with Crippen molar-refractivity contribution >= 4 is 39.1 Å². The van der Waals surface area contributed by atoms with Crippen molar-refractivity contribution in [2.75, 3.05) is 23.4 Å². The molecule has 0 fully saturated rings. The van der Waals surface area contributed by atoms with Gasteiger partial charge >= 0.3 is 0 Å². The van der Waals surface area contributed by atoms with Crippen molar-refractivity contribution in [2.24, 2.45) is 0 Å². The zero-order valence-corrected chi connectivity index (χ0v) is 16.9. The Hall–Kier alpha value is -3.32. The van der Waals surface area contributed by atoms with E-state index in [2.05, 4.69) is 21.2 Å². The Kier molecular flexibility index (Phi) is 5.48. The van der Waals surface area contributed by atoms with Crippen LogP contribution in [0.5, 0.6) is 17.2 Å². The Morgan fingerprint density at radius 1 is 1.07 bits per heavy atom. The maximum Gasteiger partial charge on any atom is 0.265 e. The molecule has 146 valence electrons. The highest BCUT2D eigenvalue weighted by atomic mass is 79.9. The van der Waals surface area contributed by atoms with Crippen molar-refractivity contribution in [2.45, 2.75) is 0 Å². The summed E-state index contributed by atoms with van der Waals surface area (Å²) in [6, 6.07) is 21.8. The fourth-order valence-corrected chi connectivity index (χ4v) is 3.30. The third kappa shape index (κ3) is 4.41. The first-order valence-electron chi connectivity index (χ1n) is 8.94. The summed E-state index contributed by atoms with van der Waals surface area (Å²) in [5.41, 5.74) is 1.09. The summed E-state index contributed by atoms with van der Waals surface area (Å²) < 4.78 is 12.2.